The predicted molar refractivity (Wildman–Crippen MR) is 72.3 cm³/mol. The second-order valence-electron chi connectivity index (χ2n) is 4.84. The normalized spacial score (nSPS) is 28.2. The molecular weight excluding hydrogens is 268 g/mol. The molecule has 6 nitrogen and oxygen atoms in total. The van der Waals surface area contributed by atoms with Crippen molar-refractivity contribution < 1.29 is 19.4 Å². The molecule has 2 aliphatic heterocycles. The fourth-order valence-corrected chi connectivity index (χ4v) is 3.44. The standard InChI is InChI=1S/C12H20N2O4S/c15-11(13-6-9-2-1-4-18-9)7-14-3-5-19-8-10(14)12(16)17/h9-10H,1-8H2,(H,13,15)(H,16,17). The molecular formula is C12H20N2O4S. The first kappa shape index (κ1) is 14.6. The molecule has 0 aromatic rings. The molecule has 0 aromatic heterocycles. The van der Waals surface area contributed by atoms with E-state index in [1.807, 2.05) is 0 Å². The molecule has 0 aromatic carbocycles. The number of hydrogen-bond acceptors (Lipinski definition) is 5. The molecule has 2 rings (SSSR count). The zero-order valence-corrected chi connectivity index (χ0v) is 11.7. The van der Waals surface area contributed by atoms with Gasteiger partial charge in [-0.25, -0.2) is 0 Å². The number of nitrogens with one attached hydrogen (secondary N) is 1. The van der Waals surface area contributed by atoms with Crippen molar-refractivity contribution in [1.82, 2.24) is 10.2 Å². The molecule has 7 heteroatoms. The number of rotatable bonds is 5. The lowest BCUT2D eigenvalue weighted by atomic mass is 10.2. The van der Waals surface area contributed by atoms with E-state index < -0.39 is 12.0 Å². The van der Waals surface area contributed by atoms with Gasteiger partial charge < -0.3 is 15.2 Å². The van der Waals surface area contributed by atoms with Crippen molar-refractivity contribution in [1.29, 1.82) is 0 Å². The maximum atomic E-state index is 11.8. The number of hydrogen-bond donors (Lipinski definition) is 2. The summed E-state index contributed by atoms with van der Waals surface area (Å²) in [5.41, 5.74) is 0. The van der Waals surface area contributed by atoms with Gasteiger partial charge in [-0.3, -0.25) is 14.5 Å². The lowest BCUT2D eigenvalue weighted by Gasteiger charge is -2.31. The number of amides is 1. The van der Waals surface area contributed by atoms with E-state index in [2.05, 4.69) is 5.32 Å². The molecule has 1 amide bonds. The van der Waals surface area contributed by atoms with Crippen LogP contribution in [0, 0.1) is 0 Å². The third kappa shape index (κ3) is 4.36. The minimum atomic E-state index is -0.848. The summed E-state index contributed by atoms with van der Waals surface area (Å²) in [6.07, 6.45) is 2.15. The largest absolute Gasteiger partial charge is 0.480 e. The average molecular weight is 288 g/mol. The highest BCUT2D eigenvalue weighted by Crippen LogP contribution is 2.16. The molecule has 0 saturated carbocycles. The van der Waals surface area contributed by atoms with Crippen LogP contribution in [0.4, 0.5) is 0 Å². The number of carboxylic acids is 1. The van der Waals surface area contributed by atoms with Crippen LogP contribution in [0.2, 0.25) is 0 Å². The monoisotopic (exact) mass is 288 g/mol. The van der Waals surface area contributed by atoms with Crippen LogP contribution in [-0.2, 0) is 14.3 Å². The van der Waals surface area contributed by atoms with Gasteiger partial charge in [-0.1, -0.05) is 0 Å². The van der Waals surface area contributed by atoms with Crippen molar-refractivity contribution in [3.8, 4) is 0 Å². The molecule has 2 fully saturated rings. The molecule has 0 radical (unpaired) electrons. The van der Waals surface area contributed by atoms with Gasteiger partial charge in [0.2, 0.25) is 5.91 Å². The van der Waals surface area contributed by atoms with E-state index >= 15 is 0 Å². The highest BCUT2D eigenvalue weighted by molar-refractivity contribution is 7.99. The lowest BCUT2D eigenvalue weighted by Crippen LogP contribution is -2.51. The molecule has 108 valence electrons. The van der Waals surface area contributed by atoms with Gasteiger partial charge in [-0.05, 0) is 12.8 Å². The van der Waals surface area contributed by atoms with E-state index in [1.54, 1.807) is 16.7 Å². The van der Waals surface area contributed by atoms with Crippen LogP contribution in [0.1, 0.15) is 12.8 Å². The predicted octanol–water partition coefficient (Wildman–Crippen LogP) is -0.216. The van der Waals surface area contributed by atoms with Gasteiger partial charge in [0.05, 0.1) is 12.6 Å². The van der Waals surface area contributed by atoms with Crippen LogP contribution in [0.15, 0.2) is 0 Å². The molecule has 0 bridgehead atoms. The van der Waals surface area contributed by atoms with Crippen molar-refractivity contribution >= 4 is 23.6 Å². The maximum absolute atomic E-state index is 11.8. The minimum Gasteiger partial charge on any atom is -0.480 e. The van der Waals surface area contributed by atoms with Crippen molar-refractivity contribution in [3.63, 3.8) is 0 Å². The van der Waals surface area contributed by atoms with Crippen LogP contribution < -0.4 is 5.32 Å². The summed E-state index contributed by atoms with van der Waals surface area (Å²) in [6, 6.07) is -0.549. The van der Waals surface area contributed by atoms with Gasteiger partial charge in [-0.15, -0.1) is 0 Å². The van der Waals surface area contributed by atoms with Gasteiger partial charge in [0.15, 0.2) is 0 Å². The first-order valence-corrected chi connectivity index (χ1v) is 7.75. The molecule has 2 heterocycles. The van der Waals surface area contributed by atoms with E-state index in [4.69, 9.17) is 9.84 Å². The van der Waals surface area contributed by atoms with Crippen LogP contribution in [0.25, 0.3) is 0 Å². The third-order valence-electron chi connectivity index (χ3n) is 3.42. The number of carbonyl (C=O) groups excluding carboxylic acids is 1. The third-order valence-corrected chi connectivity index (χ3v) is 4.44. The Labute approximate surface area is 116 Å². The smallest absolute Gasteiger partial charge is 0.321 e. The summed E-state index contributed by atoms with van der Waals surface area (Å²) in [7, 11) is 0. The number of aliphatic carboxylic acids is 1. The van der Waals surface area contributed by atoms with E-state index in [-0.39, 0.29) is 18.6 Å². The fraction of sp³-hybridized carbons (Fsp3) is 0.833. The second-order valence-corrected chi connectivity index (χ2v) is 5.99. The summed E-state index contributed by atoms with van der Waals surface area (Å²) < 4.78 is 5.43. The number of nitrogens with zero attached hydrogens (tertiary/aromatic N) is 1. The highest BCUT2D eigenvalue weighted by Gasteiger charge is 2.30. The SMILES string of the molecule is O=C(CN1CCSCC1C(=O)O)NCC1CCCO1. The zero-order chi connectivity index (χ0) is 13.7. The Kier molecular flexibility index (Phi) is 5.47. The van der Waals surface area contributed by atoms with E-state index in [1.165, 1.54) is 0 Å². The Hall–Kier alpha value is -0.790. The first-order valence-electron chi connectivity index (χ1n) is 6.59. The Bertz CT molecular complexity index is 334. The summed E-state index contributed by atoms with van der Waals surface area (Å²) in [4.78, 5) is 24.7. The van der Waals surface area contributed by atoms with Crippen molar-refractivity contribution in [2.75, 3.05) is 37.7 Å². The molecule has 2 saturated heterocycles. The summed E-state index contributed by atoms with van der Waals surface area (Å²) in [6.45, 7) is 2.10. The topological polar surface area (TPSA) is 78.9 Å². The Balaban J connectivity index is 1.74. The molecule has 2 unspecified atom stereocenters. The highest BCUT2D eigenvalue weighted by atomic mass is 32.2. The summed E-state index contributed by atoms with van der Waals surface area (Å²) >= 11 is 1.62. The van der Waals surface area contributed by atoms with Crippen molar-refractivity contribution in [3.05, 3.63) is 0 Å². The minimum absolute atomic E-state index is 0.117. The van der Waals surface area contributed by atoms with E-state index in [9.17, 15) is 9.59 Å². The van der Waals surface area contributed by atoms with Crippen molar-refractivity contribution in [2.24, 2.45) is 0 Å². The van der Waals surface area contributed by atoms with Crippen LogP contribution >= 0.6 is 11.8 Å². The number of thioether (sulfide) groups is 1. The van der Waals surface area contributed by atoms with Crippen LogP contribution in [0.5, 0.6) is 0 Å². The van der Waals surface area contributed by atoms with Gasteiger partial charge in [-0.2, -0.15) is 11.8 Å². The first-order chi connectivity index (χ1) is 9.16. The number of ether oxygens (including phenoxy) is 1. The van der Waals surface area contributed by atoms with Gasteiger partial charge in [0.1, 0.15) is 6.04 Å². The molecule has 2 N–H and O–H groups in total. The van der Waals surface area contributed by atoms with Gasteiger partial charge >= 0.3 is 5.97 Å². The molecule has 19 heavy (non-hydrogen) atoms. The molecule has 0 spiro atoms. The Morgan fingerprint density at radius 3 is 3.00 bits per heavy atom. The maximum Gasteiger partial charge on any atom is 0.321 e. The van der Waals surface area contributed by atoms with Gasteiger partial charge in [0, 0.05) is 31.2 Å². The van der Waals surface area contributed by atoms with Crippen LogP contribution in [-0.4, -0.2) is 71.8 Å². The number of carboxylic acid groups (broad SMARTS) is 1. The Morgan fingerprint density at radius 1 is 1.47 bits per heavy atom. The van der Waals surface area contributed by atoms with E-state index in [0.717, 1.165) is 25.2 Å². The quantitative estimate of drug-likeness (QED) is 0.728. The van der Waals surface area contributed by atoms with Crippen LogP contribution in [0.3, 0.4) is 0 Å². The lowest BCUT2D eigenvalue weighted by molar-refractivity contribution is -0.143. The van der Waals surface area contributed by atoms with Crippen molar-refractivity contribution in [2.45, 2.75) is 25.0 Å². The van der Waals surface area contributed by atoms with E-state index in [0.29, 0.717) is 18.8 Å². The van der Waals surface area contributed by atoms with Gasteiger partial charge in [0.25, 0.3) is 0 Å². The summed E-state index contributed by atoms with van der Waals surface area (Å²) in [5, 5.41) is 11.9. The summed E-state index contributed by atoms with van der Waals surface area (Å²) in [5.74, 6) is 0.463. The average Bonchev–Trinajstić information content (AvgIpc) is 2.90. The Morgan fingerprint density at radius 2 is 2.32 bits per heavy atom. The molecule has 2 atom stereocenters. The fourth-order valence-electron chi connectivity index (χ4n) is 2.33. The number of carbonyl (C=O) groups is 2. The second kappa shape index (κ2) is 7.12. The zero-order valence-electron chi connectivity index (χ0n) is 10.8. The molecule has 2 aliphatic rings. The molecule has 0 aliphatic carbocycles.